The lowest BCUT2D eigenvalue weighted by Crippen LogP contribution is -2.29. The lowest BCUT2D eigenvalue weighted by Gasteiger charge is -2.18. The van der Waals surface area contributed by atoms with Crippen molar-refractivity contribution in [3.8, 4) is 16.5 Å². The molecule has 1 N–H and O–H groups in total. The van der Waals surface area contributed by atoms with Gasteiger partial charge in [-0.1, -0.05) is 31.7 Å². The summed E-state index contributed by atoms with van der Waals surface area (Å²) in [5.41, 5.74) is 0.715. The Labute approximate surface area is 160 Å². The van der Waals surface area contributed by atoms with Gasteiger partial charge in [0.2, 0.25) is 5.91 Å². The van der Waals surface area contributed by atoms with Crippen LogP contribution in [0.1, 0.15) is 13.8 Å². The Morgan fingerprint density at radius 3 is 2.62 bits per heavy atom. The fourth-order valence-electron chi connectivity index (χ4n) is 2.25. The van der Waals surface area contributed by atoms with E-state index >= 15 is 0 Å². The molecule has 0 spiro atoms. The van der Waals surface area contributed by atoms with Crippen LogP contribution < -0.4 is 10.1 Å². The Bertz CT molecular complexity index is 845. The summed E-state index contributed by atoms with van der Waals surface area (Å²) in [5, 5.41) is 13.0. The highest BCUT2D eigenvalue weighted by Crippen LogP contribution is 2.31. The lowest BCUT2D eigenvalue weighted by atomic mass is 10.1. The van der Waals surface area contributed by atoms with E-state index in [2.05, 4.69) is 15.5 Å². The first-order valence-corrected chi connectivity index (χ1v) is 9.81. The molecule has 3 aromatic rings. The van der Waals surface area contributed by atoms with Crippen molar-refractivity contribution in [2.75, 3.05) is 12.4 Å². The molecule has 0 saturated heterocycles. The van der Waals surface area contributed by atoms with Gasteiger partial charge in [0.05, 0.1) is 17.2 Å². The van der Waals surface area contributed by atoms with Crippen LogP contribution in [-0.2, 0) is 4.79 Å². The number of carbonyl (C=O) groups excluding carboxylic acids is 1. The summed E-state index contributed by atoms with van der Waals surface area (Å²) in [6.45, 7) is 3.98. The maximum Gasteiger partial charge on any atom is 0.277 e. The van der Waals surface area contributed by atoms with Crippen LogP contribution in [0.4, 0.5) is 5.69 Å². The molecule has 136 valence electrons. The van der Waals surface area contributed by atoms with Crippen molar-refractivity contribution >= 4 is 34.7 Å². The molecule has 0 aliphatic heterocycles. The molecule has 1 aromatic carbocycles. The first-order chi connectivity index (χ1) is 12.6. The lowest BCUT2D eigenvalue weighted by molar-refractivity contribution is -0.116. The number of rotatable bonds is 7. The standard InChI is InChI=1S/C18H19N3O3S2/c1-11(2)15(16(22)19-12-6-8-13(23-3)9-7-12)26-18-21-20-17(24-18)14-5-4-10-25-14/h4-11,15H,1-3H3,(H,19,22). The number of nitrogens with one attached hydrogen (secondary N) is 1. The minimum atomic E-state index is -0.353. The summed E-state index contributed by atoms with van der Waals surface area (Å²) in [6, 6.07) is 11.1. The third-order valence-corrected chi connectivity index (χ3v) is 5.82. The molecule has 26 heavy (non-hydrogen) atoms. The summed E-state index contributed by atoms with van der Waals surface area (Å²) >= 11 is 2.81. The zero-order valence-electron chi connectivity index (χ0n) is 14.6. The van der Waals surface area contributed by atoms with Crippen LogP contribution in [-0.4, -0.2) is 28.5 Å². The van der Waals surface area contributed by atoms with E-state index in [1.54, 1.807) is 31.4 Å². The highest BCUT2D eigenvalue weighted by molar-refractivity contribution is 8.00. The number of thiophene rings is 1. The van der Waals surface area contributed by atoms with E-state index in [1.807, 2.05) is 31.4 Å². The van der Waals surface area contributed by atoms with Gasteiger partial charge in [-0.25, -0.2) is 0 Å². The van der Waals surface area contributed by atoms with Gasteiger partial charge in [0.25, 0.3) is 11.1 Å². The van der Waals surface area contributed by atoms with E-state index in [1.165, 1.54) is 23.1 Å². The van der Waals surface area contributed by atoms with Crippen LogP contribution in [0.5, 0.6) is 5.75 Å². The van der Waals surface area contributed by atoms with Gasteiger partial charge in [-0.2, -0.15) is 0 Å². The second-order valence-corrected chi connectivity index (χ2v) is 7.89. The summed E-state index contributed by atoms with van der Waals surface area (Å²) < 4.78 is 10.8. The summed E-state index contributed by atoms with van der Waals surface area (Å²) in [5.74, 6) is 1.20. The van der Waals surface area contributed by atoms with Gasteiger partial charge >= 0.3 is 0 Å². The topological polar surface area (TPSA) is 77.2 Å². The molecule has 0 aliphatic carbocycles. The van der Waals surface area contributed by atoms with Crippen molar-refractivity contribution in [2.45, 2.75) is 24.3 Å². The van der Waals surface area contributed by atoms with Crippen molar-refractivity contribution < 1.29 is 13.9 Å². The number of thioether (sulfide) groups is 1. The van der Waals surface area contributed by atoms with Crippen molar-refractivity contribution in [3.05, 3.63) is 41.8 Å². The number of hydrogen-bond acceptors (Lipinski definition) is 7. The Kier molecular flexibility index (Phi) is 5.95. The van der Waals surface area contributed by atoms with Gasteiger partial charge < -0.3 is 14.5 Å². The van der Waals surface area contributed by atoms with Gasteiger partial charge in [-0.3, -0.25) is 4.79 Å². The second kappa shape index (κ2) is 8.37. The van der Waals surface area contributed by atoms with E-state index in [0.29, 0.717) is 16.8 Å². The van der Waals surface area contributed by atoms with Crippen LogP contribution in [0.25, 0.3) is 10.8 Å². The highest BCUT2D eigenvalue weighted by atomic mass is 32.2. The fourth-order valence-corrected chi connectivity index (χ4v) is 3.76. The molecular weight excluding hydrogens is 370 g/mol. The third kappa shape index (κ3) is 4.44. The molecule has 6 nitrogen and oxygen atoms in total. The molecule has 0 bridgehead atoms. The first-order valence-electron chi connectivity index (χ1n) is 8.06. The Hall–Kier alpha value is -2.32. The smallest absolute Gasteiger partial charge is 0.277 e. The minimum absolute atomic E-state index is 0.0929. The first kappa shape index (κ1) is 18.5. The fraction of sp³-hybridized carbons (Fsp3) is 0.278. The van der Waals surface area contributed by atoms with E-state index in [0.717, 1.165) is 10.6 Å². The SMILES string of the molecule is COc1ccc(NC(=O)C(Sc2nnc(-c3cccs3)o2)C(C)C)cc1. The van der Waals surface area contributed by atoms with Crippen molar-refractivity contribution in [3.63, 3.8) is 0 Å². The number of ether oxygens (including phenoxy) is 1. The molecule has 3 rings (SSSR count). The Morgan fingerprint density at radius 2 is 2.00 bits per heavy atom. The monoisotopic (exact) mass is 389 g/mol. The molecule has 1 unspecified atom stereocenters. The van der Waals surface area contributed by atoms with Gasteiger partial charge in [0, 0.05) is 5.69 Å². The van der Waals surface area contributed by atoms with Gasteiger partial charge in [-0.05, 0) is 41.6 Å². The van der Waals surface area contributed by atoms with Crippen LogP contribution in [0.2, 0.25) is 0 Å². The number of hydrogen-bond donors (Lipinski definition) is 1. The molecule has 0 saturated carbocycles. The van der Waals surface area contributed by atoms with Gasteiger partial charge in [0.15, 0.2) is 0 Å². The Morgan fingerprint density at radius 1 is 1.23 bits per heavy atom. The average molecular weight is 390 g/mol. The quantitative estimate of drug-likeness (QED) is 0.597. The van der Waals surface area contributed by atoms with E-state index < -0.39 is 0 Å². The largest absolute Gasteiger partial charge is 0.497 e. The van der Waals surface area contributed by atoms with Crippen LogP contribution >= 0.6 is 23.1 Å². The predicted octanol–water partition coefficient (Wildman–Crippen LogP) is 4.56. The zero-order valence-corrected chi connectivity index (χ0v) is 16.3. The zero-order chi connectivity index (χ0) is 18.5. The van der Waals surface area contributed by atoms with Gasteiger partial charge in [-0.15, -0.1) is 21.5 Å². The van der Waals surface area contributed by atoms with Crippen LogP contribution in [0.15, 0.2) is 51.4 Å². The molecule has 8 heteroatoms. The minimum Gasteiger partial charge on any atom is -0.497 e. The molecule has 0 aliphatic rings. The predicted molar refractivity (Wildman–Crippen MR) is 104 cm³/mol. The Balaban J connectivity index is 1.69. The molecular formula is C18H19N3O3S2. The molecule has 1 amide bonds. The van der Waals surface area contributed by atoms with Crippen LogP contribution in [0.3, 0.4) is 0 Å². The number of methoxy groups -OCH3 is 1. The van der Waals surface area contributed by atoms with E-state index in [9.17, 15) is 4.79 Å². The van der Waals surface area contributed by atoms with Crippen molar-refractivity contribution in [2.24, 2.45) is 5.92 Å². The number of nitrogens with zero attached hydrogens (tertiary/aromatic N) is 2. The van der Waals surface area contributed by atoms with Gasteiger partial charge in [0.1, 0.15) is 5.75 Å². The summed E-state index contributed by atoms with van der Waals surface area (Å²) in [6.07, 6.45) is 0. The van der Waals surface area contributed by atoms with Crippen LogP contribution in [0, 0.1) is 5.92 Å². The maximum atomic E-state index is 12.7. The average Bonchev–Trinajstić information content (AvgIpc) is 3.31. The number of carbonyl (C=O) groups is 1. The second-order valence-electron chi connectivity index (χ2n) is 5.85. The van der Waals surface area contributed by atoms with Crippen molar-refractivity contribution in [1.82, 2.24) is 10.2 Å². The normalized spacial score (nSPS) is 12.2. The van der Waals surface area contributed by atoms with E-state index in [4.69, 9.17) is 9.15 Å². The summed E-state index contributed by atoms with van der Waals surface area (Å²) in [7, 11) is 1.61. The number of benzene rings is 1. The molecule has 1 atom stereocenters. The molecule has 0 radical (unpaired) electrons. The number of aromatic nitrogens is 2. The maximum absolute atomic E-state index is 12.7. The van der Waals surface area contributed by atoms with Crippen molar-refractivity contribution in [1.29, 1.82) is 0 Å². The van der Waals surface area contributed by atoms with E-state index in [-0.39, 0.29) is 17.1 Å². The molecule has 2 heterocycles. The molecule has 0 fully saturated rings. The number of amides is 1. The highest BCUT2D eigenvalue weighted by Gasteiger charge is 2.26. The molecule has 2 aromatic heterocycles. The number of anilines is 1. The third-order valence-electron chi connectivity index (χ3n) is 3.59. The summed E-state index contributed by atoms with van der Waals surface area (Å²) in [4.78, 5) is 13.6.